The molecule has 0 aromatic heterocycles. The molecule has 227 valence electrons. The molecule has 3 aliphatic heterocycles. The van der Waals surface area contributed by atoms with Crippen molar-refractivity contribution in [1.29, 1.82) is 0 Å². The highest BCUT2D eigenvalue weighted by Gasteiger charge is 2.50. The molecule has 12 nitrogen and oxygen atoms in total. The summed E-state index contributed by atoms with van der Waals surface area (Å²) in [6, 6.07) is 0. The van der Waals surface area contributed by atoms with Gasteiger partial charge in [0.15, 0.2) is 12.6 Å². The average Bonchev–Trinajstić information content (AvgIpc) is 2.95. The fraction of sp³-hybridized carbons (Fsp3) is 0.963. The quantitative estimate of drug-likeness (QED) is 0.206. The maximum absolute atomic E-state index is 11.1. The van der Waals surface area contributed by atoms with Crippen molar-refractivity contribution in [2.24, 2.45) is 5.92 Å². The molecule has 12 heteroatoms. The van der Waals surface area contributed by atoms with Gasteiger partial charge in [0, 0.05) is 6.61 Å². The van der Waals surface area contributed by atoms with Crippen LogP contribution >= 0.6 is 0 Å². The van der Waals surface area contributed by atoms with Crippen LogP contribution in [0.4, 0.5) is 0 Å². The second-order valence-corrected chi connectivity index (χ2v) is 11.3. The first-order valence-electron chi connectivity index (χ1n) is 14.5. The predicted octanol–water partition coefficient (Wildman–Crippen LogP) is -0.260. The Labute approximate surface area is 230 Å². The van der Waals surface area contributed by atoms with Crippen molar-refractivity contribution in [1.82, 2.24) is 0 Å². The van der Waals surface area contributed by atoms with Crippen LogP contribution in [0, 0.1) is 12.5 Å². The molecule has 13 unspecified atom stereocenters. The van der Waals surface area contributed by atoms with Crippen molar-refractivity contribution < 1.29 is 59.1 Å². The average molecular weight is 564 g/mol. The van der Waals surface area contributed by atoms with E-state index in [1.807, 2.05) is 6.92 Å². The van der Waals surface area contributed by atoms with Gasteiger partial charge in [-0.1, -0.05) is 39.0 Å². The van der Waals surface area contributed by atoms with Crippen LogP contribution in [0.2, 0.25) is 0 Å². The van der Waals surface area contributed by atoms with Crippen LogP contribution in [0.15, 0.2) is 0 Å². The smallest absolute Gasteiger partial charge is 0.187 e. The number of aliphatic hydroxyl groups excluding tert-OH is 6. The second kappa shape index (κ2) is 14.6. The molecule has 0 aromatic carbocycles. The molecule has 3 heterocycles. The third-order valence-corrected chi connectivity index (χ3v) is 8.51. The van der Waals surface area contributed by atoms with E-state index >= 15 is 0 Å². The summed E-state index contributed by atoms with van der Waals surface area (Å²) in [7, 11) is 0. The molecule has 1 radical (unpaired) electrons. The molecule has 6 N–H and O–H groups in total. The van der Waals surface area contributed by atoms with Gasteiger partial charge >= 0.3 is 0 Å². The monoisotopic (exact) mass is 563 g/mol. The van der Waals surface area contributed by atoms with Crippen molar-refractivity contribution in [3.8, 4) is 0 Å². The minimum absolute atomic E-state index is 0.346. The van der Waals surface area contributed by atoms with Crippen molar-refractivity contribution in [3.63, 3.8) is 0 Å². The highest BCUT2D eigenvalue weighted by molar-refractivity contribution is 4.94. The van der Waals surface area contributed by atoms with Crippen molar-refractivity contribution >= 4 is 0 Å². The van der Waals surface area contributed by atoms with E-state index in [-0.39, 0.29) is 0 Å². The Balaban J connectivity index is 1.42. The lowest BCUT2D eigenvalue weighted by Crippen LogP contribution is -2.63. The lowest BCUT2D eigenvalue weighted by Gasteiger charge is -2.47. The van der Waals surface area contributed by atoms with Gasteiger partial charge in [0.05, 0.1) is 31.5 Å². The van der Waals surface area contributed by atoms with Crippen LogP contribution < -0.4 is 0 Å². The topological polar surface area (TPSA) is 177 Å². The molecule has 39 heavy (non-hydrogen) atoms. The summed E-state index contributed by atoms with van der Waals surface area (Å²) >= 11 is 0. The zero-order chi connectivity index (χ0) is 28.1. The Morgan fingerprint density at radius 3 is 2.18 bits per heavy atom. The SMILES string of the molecule is CCC1OCCC(OC2OC(CO)C(O)C(O[CH]CC3CCCCC3)C2O)C1OC1OC(C)C(O)C(O)C1O. The number of rotatable bonds is 10. The molecule has 0 spiro atoms. The van der Waals surface area contributed by atoms with E-state index in [4.69, 9.17) is 28.4 Å². The Morgan fingerprint density at radius 1 is 0.769 bits per heavy atom. The molecular formula is C27H47O12. The van der Waals surface area contributed by atoms with Gasteiger partial charge in [-0.2, -0.15) is 0 Å². The first-order chi connectivity index (χ1) is 18.7. The largest absolute Gasteiger partial charge is 0.394 e. The molecule has 1 saturated carbocycles. The van der Waals surface area contributed by atoms with Gasteiger partial charge in [0.25, 0.3) is 0 Å². The minimum Gasteiger partial charge on any atom is -0.394 e. The van der Waals surface area contributed by atoms with E-state index in [0.29, 0.717) is 31.8 Å². The Kier molecular flexibility index (Phi) is 11.8. The van der Waals surface area contributed by atoms with E-state index < -0.39 is 86.3 Å². The maximum Gasteiger partial charge on any atom is 0.187 e. The van der Waals surface area contributed by atoms with Crippen LogP contribution in [0.3, 0.4) is 0 Å². The zero-order valence-electron chi connectivity index (χ0n) is 22.9. The summed E-state index contributed by atoms with van der Waals surface area (Å²) in [5.74, 6) is 0.513. The summed E-state index contributed by atoms with van der Waals surface area (Å²) in [5.41, 5.74) is 0. The first-order valence-corrected chi connectivity index (χ1v) is 14.5. The zero-order valence-corrected chi connectivity index (χ0v) is 22.9. The number of ether oxygens (including phenoxy) is 6. The number of hydrogen-bond acceptors (Lipinski definition) is 12. The van der Waals surface area contributed by atoms with Crippen molar-refractivity contribution in [2.45, 2.75) is 145 Å². The van der Waals surface area contributed by atoms with Gasteiger partial charge in [-0.15, -0.1) is 0 Å². The number of hydrogen-bond donors (Lipinski definition) is 6. The van der Waals surface area contributed by atoms with Crippen LogP contribution in [0.5, 0.6) is 0 Å². The normalized spacial score (nSPS) is 46.3. The molecule has 4 aliphatic rings. The summed E-state index contributed by atoms with van der Waals surface area (Å²) in [4.78, 5) is 0. The molecule has 0 aromatic rings. The summed E-state index contributed by atoms with van der Waals surface area (Å²) < 4.78 is 35.4. The van der Waals surface area contributed by atoms with E-state index in [1.54, 1.807) is 13.5 Å². The molecule has 0 amide bonds. The summed E-state index contributed by atoms with van der Waals surface area (Å²) in [6.45, 7) is 4.95. The molecule has 4 fully saturated rings. The molecule has 13 atom stereocenters. The van der Waals surface area contributed by atoms with Crippen LogP contribution in [0.1, 0.15) is 65.2 Å². The molecule has 3 saturated heterocycles. The lowest BCUT2D eigenvalue weighted by atomic mass is 9.87. The Hall–Kier alpha value is -0.480. The molecule has 0 bridgehead atoms. The standard InChI is InChI=1S/C27H47O12/c1-3-16-24(39-26-22(32)21(31)19(29)14(2)36-26)17(10-12-34-16)37-27-23(33)25(20(30)18(13-28)38-27)35-11-9-15-7-5-4-6-8-15/h11,14-33H,3-10,12-13H2,1-2H3. The summed E-state index contributed by atoms with van der Waals surface area (Å²) in [6.07, 6.45) is -6.62. The van der Waals surface area contributed by atoms with Crippen LogP contribution in [0.25, 0.3) is 0 Å². The van der Waals surface area contributed by atoms with E-state index in [9.17, 15) is 30.6 Å². The fourth-order valence-electron chi connectivity index (χ4n) is 6.01. The molecule has 4 rings (SSSR count). The van der Waals surface area contributed by atoms with Gasteiger partial charge in [0.1, 0.15) is 48.8 Å². The number of aliphatic hydroxyl groups is 6. The van der Waals surface area contributed by atoms with Crippen LogP contribution in [-0.2, 0) is 28.4 Å². The van der Waals surface area contributed by atoms with Gasteiger partial charge in [-0.25, -0.2) is 0 Å². The predicted molar refractivity (Wildman–Crippen MR) is 135 cm³/mol. The molecular weight excluding hydrogens is 516 g/mol. The molecule has 1 aliphatic carbocycles. The third-order valence-electron chi connectivity index (χ3n) is 8.51. The minimum atomic E-state index is -1.50. The van der Waals surface area contributed by atoms with Gasteiger partial charge in [-0.3, -0.25) is 0 Å². The highest BCUT2D eigenvalue weighted by atomic mass is 16.7. The Morgan fingerprint density at radius 2 is 1.49 bits per heavy atom. The van der Waals surface area contributed by atoms with Gasteiger partial charge in [0.2, 0.25) is 0 Å². The fourth-order valence-corrected chi connectivity index (χ4v) is 6.01. The van der Waals surface area contributed by atoms with E-state index in [0.717, 1.165) is 12.8 Å². The van der Waals surface area contributed by atoms with Crippen molar-refractivity contribution in [2.75, 3.05) is 13.2 Å². The van der Waals surface area contributed by atoms with E-state index in [1.165, 1.54) is 19.3 Å². The second-order valence-electron chi connectivity index (χ2n) is 11.3. The Bertz CT molecular complexity index is 723. The third kappa shape index (κ3) is 7.49. The van der Waals surface area contributed by atoms with Gasteiger partial charge in [-0.05, 0) is 32.1 Å². The lowest BCUT2D eigenvalue weighted by molar-refractivity contribution is -0.353. The van der Waals surface area contributed by atoms with Gasteiger partial charge < -0.3 is 59.1 Å². The highest BCUT2D eigenvalue weighted by Crippen LogP contribution is 2.33. The van der Waals surface area contributed by atoms with Crippen LogP contribution in [-0.4, -0.2) is 124 Å². The first kappa shape index (κ1) is 31.5. The van der Waals surface area contributed by atoms with E-state index in [2.05, 4.69) is 0 Å². The summed E-state index contributed by atoms with van der Waals surface area (Å²) in [5, 5.41) is 62.4. The maximum atomic E-state index is 11.1. The van der Waals surface area contributed by atoms with Crippen molar-refractivity contribution in [3.05, 3.63) is 6.61 Å².